The second-order valence-electron chi connectivity index (χ2n) is 7.82. The molecule has 2 N–H and O–H groups in total. The fraction of sp³-hybridized carbons (Fsp3) is 0.400. The van der Waals surface area contributed by atoms with Crippen molar-refractivity contribution in [1.82, 2.24) is 10.2 Å². The highest BCUT2D eigenvalue weighted by atomic mass is 16.5. The summed E-state index contributed by atoms with van der Waals surface area (Å²) in [5.41, 5.74) is 4.62. The second kappa shape index (κ2) is 12.7. The van der Waals surface area contributed by atoms with E-state index in [2.05, 4.69) is 29.6 Å². The van der Waals surface area contributed by atoms with Gasteiger partial charge in [0.1, 0.15) is 13.2 Å². The largest absolute Gasteiger partial charge is 0.480 e. The number of carboxylic acids is 1. The zero-order valence-electron chi connectivity index (χ0n) is 19.2. The van der Waals surface area contributed by atoms with Gasteiger partial charge in [0.25, 0.3) is 0 Å². The Morgan fingerprint density at radius 3 is 2.24 bits per heavy atom. The lowest BCUT2D eigenvalue weighted by molar-refractivity contribution is -0.145. The monoisotopic (exact) mass is 470 g/mol. The van der Waals surface area contributed by atoms with Gasteiger partial charge in [-0.05, 0) is 22.3 Å². The molecule has 0 aromatic heterocycles. The van der Waals surface area contributed by atoms with Crippen LogP contribution >= 0.6 is 0 Å². The molecule has 1 aliphatic carbocycles. The molecule has 0 heterocycles. The molecule has 0 saturated heterocycles. The van der Waals surface area contributed by atoms with Crippen LogP contribution in [0.25, 0.3) is 11.1 Å². The summed E-state index contributed by atoms with van der Waals surface area (Å²) < 4.78 is 15.7. The molecule has 9 nitrogen and oxygen atoms in total. The van der Waals surface area contributed by atoms with Crippen LogP contribution in [-0.4, -0.2) is 81.1 Å². The Kier molecular flexibility index (Phi) is 9.42. The Hall–Kier alpha value is -3.43. The van der Waals surface area contributed by atoms with Crippen LogP contribution in [0.2, 0.25) is 0 Å². The average molecular weight is 471 g/mol. The van der Waals surface area contributed by atoms with E-state index in [1.165, 1.54) is 23.1 Å². The van der Waals surface area contributed by atoms with Gasteiger partial charge in [0.15, 0.2) is 0 Å². The van der Waals surface area contributed by atoms with Gasteiger partial charge in [-0.1, -0.05) is 48.5 Å². The van der Waals surface area contributed by atoms with E-state index in [-0.39, 0.29) is 64.3 Å². The standard InChI is InChI=1S/C25H30N2O7/c1-32-15-12-27(16-24(29)30)23(28)10-13-33-14-11-26-25(31)34-17-22-20-8-4-2-6-18(20)19-7-3-5-9-21(19)22/h2-9,22H,10-17H2,1H3,(H,26,31)(H,29,30). The summed E-state index contributed by atoms with van der Waals surface area (Å²) in [6.45, 7) is 0.854. The quantitative estimate of drug-likeness (QED) is 0.432. The van der Waals surface area contributed by atoms with E-state index in [0.29, 0.717) is 0 Å². The summed E-state index contributed by atoms with van der Waals surface area (Å²) >= 11 is 0. The molecule has 2 amide bonds. The van der Waals surface area contributed by atoms with Crippen molar-refractivity contribution >= 4 is 18.0 Å². The molecule has 0 bridgehead atoms. The molecule has 2 aromatic rings. The molecule has 1 aliphatic rings. The van der Waals surface area contributed by atoms with Crippen molar-refractivity contribution in [2.24, 2.45) is 0 Å². The smallest absolute Gasteiger partial charge is 0.407 e. The normalized spacial score (nSPS) is 12.0. The number of carbonyl (C=O) groups is 3. The Bertz CT molecular complexity index is 949. The van der Waals surface area contributed by atoms with Gasteiger partial charge in [0.2, 0.25) is 5.91 Å². The van der Waals surface area contributed by atoms with Gasteiger partial charge >= 0.3 is 12.1 Å². The molecule has 0 fully saturated rings. The highest BCUT2D eigenvalue weighted by molar-refractivity contribution is 5.81. The number of fused-ring (bicyclic) bond motifs is 3. The molecule has 0 atom stereocenters. The van der Waals surface area contributed by atoms with Gasteiger partial charge in [-0.25, -0.2) is 4.79 Å². The van der Waals surface area contributed by atoms with Gasteiger partial charge in [0, 0.05) is 26.1 Å². The lowest BCUT2D eigenvalue weighted by Crippen LogP contribution is -2.38. The van der Waals surface area contributed by atoms with E-state index in [4.69, 9.17) is 19.3 Å². The Morgan fingerprint density at radius 2 is 1.62 bits per heavy atom. The number of hydrogen-bond donors (Lipinski definition) is 2. The van der Waals surface area contributed by atoms with Gasteiger partial charge in [-0.15, -0.1) is 0 Å². The van der Waals surface area contributed by atoms with Crippen molar-refractivity contribution in [2.75, 3.05) is 53.2 Å². The van der Waals surface area contributed by atoms with Crippen LogP contribution in [0, 0.1) is 0 Å². The van der Waals surface area contributed by atoms with Crippen molar-refractivity contribution in [3.8, 4) is 11.1 Å². The molecule has 0 radical (unpaired) electrons. The summed E-state index contributed by atoms with van der Waals surface area (Å²) in [4.78, 5) is 36.4. The highest BCUT2D eigenvalue weighted by Gasteiger charge is 2.28. The molecule has 0 spiro atoms. The molecule has 3 rings (SSSR count). The van der Waals surface area contributed by atoms with E-state index >= 15 is 0 Å². The van der Waals surface area contributed by atoms with Crippen LogP contribution in [0.3, 0.4) is 0 Å². The van der Waals surface area contributed by atoms with E-state index in [9.17, 15) is 14.4 Å². The maximum absolute atomic E-state index is 12.1. The van der Waals surface area contributed by atoms with Crippen molar-refractivity contribution in [3.05, 3.63) is 59.7 Å². The number of benzene rings is 2. The molecule has 9 heteroatoms. The van der Waals surface area contributed by atoms with E-state index in [0.717, 1.165) is 11.1 Å². The average Bonchev–Trinajstić information content (AvgIpc) is 3.16. The number of amides is 2. The maximum atomic E-state index is 12.1. The summed E-state index contributed by atoms with van der Waals surface area (Å²) in [6.07, 6.45) is -0.490. The molecular weight excluding hydrogens is 440 g/mol. The minimum absolute atomic E-state index is 0.00716. The summed E-state index contributed by atoms with van der Waals surface area (Å²) in [5, 5.41) is 11.6. The molecular formula is C25H30N2O7. The zero-order valence-corrected chi connectivity index (χ0v) is 19.2. The maximum Gasteiger partial charge on any atom is 0.407 e. The first-order valence-electron chi connectivity index (χ1n) is 11.2. The van der Waals surface area contributed by atoms with Gasteiger partial charge in [-0.3, -0.25) is 9.59 Å². The Balaban J connectivity index is 1.35. The van der Waals surface area contributed by atoms with Crippen LogP contribution in [0.1, 0.15) is 23.5 Å². The highest BCUT2D eigenvalue weighted by Crippen LogP contribution is 2.44. The first-order valence-corrected chi connectivity index (χ1v) is 11.2. The van der Waals surface area contributed by atoms with Crippen LogP contribution < -0.4 is 5.32 Å². The Morgan fingerprint density at radius 1 is 0.971 bits per heavy atom. The van der Waals surface area contributed by atoms with Crippen LogP contribution in [-0.2, 0) is 23.8 Å². The third kappa shape index (κ3) is 6.79. The predicted octanol–water partition coefficient (Wildman–Crippen LogP) is 2.49. The lowest BCUT2D eigenvalue weighted by atomic mass is 9.98. The third-order valence-corrected chi connectivity index (χ3v) is 5.56. The first kappa shape index (κ1) is 25.2. The summed E-state index contributed by atoms with van der Waals surface area (Å²) in [5.74, 6) is -1.42. The summed E-state index contributed by atoms with van der Waals surface area (Å²) in [7, 11) is 1.48. The third-order valence-electron chi connectivity index (χ3n) is 5.56. The van der Waals surface area contributed by atoms with E-state index < -0.39 is 12.1 Å². The van der Waals surface area contributed by atoms with Crippen molar-refractivity contribution in [2.45, 2.75) is 12.3 Å². The second-order valence-corrected chi connectivity index (χ2v) is 7.82. The fourth-order valence-electron chi connectivity index (χ4n) is 3.95. The predicted molar refractivity (Wildman–Crippen MR) is 125 cm³/mol. The minimum atomic E-state index is -1.09. The minimum Gasteiger partial charge on any atom is -0.480 e. The van der Waals surface area contributed by atoms with Crippen LogP contribution in [0.15, 0.2) is 48.5 Å². The van der Waals surface area contributed by atoms with Crippen LogP contribution in [0.4, 0.5) is 4.79 Å². The number of alkyl carbamates (subject to hydrolysis) is 1. The zero-order chi connectivity index (χ0) is 24.3. The van der Waals surface area contributed by atoms with Crippen molar-refractivity contribution < 1.29 is 33.7 Å². The molecule has 182 valence electrons. The number of carboxylic acid groups (broad SMARTS) is 1. The number of carbonyl (C=O) groups excluding carboxylic acids is 2. The number of nitrogens with zero attached hydrogens (tertiary/aromatic N) is 1. The van der Waals surface area contributed by atoms with Gasteiger partial charge in [-0.2, -0.15) is 0 Å². The lowest BCUT2D eigenvalue weighted by Gasteiger charge is -2.20. The topological polar surface area (TPSA) is 114 Å². The molecule has 0 aliphatic heterocycles. The first-order chi connectivity index (χ1) is 16.5. The number of methoxy groups -OCH3 is 1. The number of rotatable bonds is 13. The molecule has 34 heavy (non-hydrogen) atoms. The molecule has 0 unspecified atom stereocenters. The number of aliphatic carboxylic acids is 1. The van der Waals surface area contributed by atoms with Crippen LogP contribution in [0.5, 0.6) is 0 Å². The van der Waals surface area contributed by atoms with E-state index in [1.807, 2.05) is 24.3 Å². The fourth-order valence-corrected chi connectivity index (χ4v) is 3.95. The number of hydrogen-bond acceptors (Lipinski definition) is 6. The Labute approximate surface area is 198 Å². The van der Waals surface area contributed by atoms with E-state index in [1.54, 1.807) is 0 Å². The van der Waals surface area contributed by atoms with Crippen molar-refractivity contribution in [3.63, 3.8) is 0 Å². The molecule has 0 saturated carbocycles. The molecule has 2 aromatic carbocycles. The number of ether oxygens (including phenoxy) is 3. The van der Waals surface area contributed by atoms with Gasteiger partial charge < -0.3 is 29.5 Å². The summed E-state index contributed by atoms with van der Waals surface area (Å²) in [6, 6.07) is 16.2. The van der Waals surface area contributed by atoms with Crippen molar-refractivity contribution in [1.29, 1.82) is 0 Å². The van der Waals surface area contributed by atoms with Gasteiger partial charge in [0.05, 0.1) is 26.2 Å². The number of nitrogens with one attached hydrogen (secondary N) is 1. The SMILES string of the molecule is COCCN(CC(=O)O)C(=O)CCOCCNC(=O)OCC1c2ccccc2-c2ccccc21.